The minimum absolute atomic E-state index is 0.00605. The highest BCUT2D eigenvalue weighted by Gasteiger charge is 2.46. The first-order valence-electron chi connectivity index (χ1n) is 8.77. The van der Waals surface area contributed by atoms with Crippen molar-refractivity contribution in [1.29, 1.82) is 0 Å². The Morgan fingerprint density at radius 3 is 1.96 bits per heavy atom. The predicted octanol–water partition coefficient (Wildman–Crippen LogP) is 1.53. The molecule has 2 unspecified atom stereocenters. The van der Waals surface area contributed by atoms with Crippen LogP contribution in [0.3, 0.4) is 0 Å². The molecule has 0 aromatic rings. The van der Waals surface area contributed by atoms with Crippen molar-refractivity contribution in [3.63, 3.8) is 0 Å². The number of rotatable bonds is 4. The van der Waals surface area contributed by atoms with Gasteiger partial charge >= 0.3 is 17.9 Å². The summed E-state index contributed by atoms with van der Waals surface area (Å²) < 4.78 is 15.4. The molecule has 0 aromatic carbocycles. The van der Waals surface area contributed by atoms with Gasteiger partial charge < -0.3 is 14.2 Å². The maximum absolute atomic E-state index is 12.2. The number of methoxy groups -OCH3 is 2. The second-order valence-electron chi connectivity index (χ2n) is 8.00. The molecule has 0 aromatic heterocycles. The van der Waals surface area contributed by atoms with Crippen LogP contribution in [0.15, 0.2) is 0 Å². The van der Waals surface area contributed by atoms with Gasteiger partial charge in [-0.1, -0.05) is 0 Å². The van der Waals surface area contributed by atoms with Gasteiger partial charge in [-0.25, -0.2) is 0 Å². The van der Waals surface area contributed by atoms with Gasteiger partial charge in [-0.2, -0.15) is 0 Å². The topological polar surface area (TPSA) is 82.1 Å². The smallest absolute Gasteiger partial charge is 0.319 e. The molecule has 2 fully saturated rings. The fraction of sp³-hybridized carbons (Fsp3) is 0.833. The summed E-state index contributed by atoms with van der Waals surface area (Å²) in [5, 5.41) is 0. The number of ether oxygens (including phenoxy) is 3. The molecule has 2 aliphatic heterocycles. The zero-order valence-electron chi connectivity index (χ0n) is 15.7. The standard InChI is InChI=1S/C18H29NO6/c1-18(2,3)17(22)25-14-8-12-6-11(16(21)24-5)7-13(9-14)19(12)10-15(20)23-4/h11-14H,6-10H2,1-5H3. The van der Waals surface area contributed by atoms with Crippen molar-refractivity contribution in [3.05, 3.63) is 0 Å². The number of carbonyl (C=O) groups is 3. The zero-order valence-corrected chi connectivity index (χ0v) is 15.7. The highest BCUT2D eigenvalue weighted by molar-refractivity contribution is 5.75. The first-order valence-corrected chi connectivity index (χ1v) is 8.77. The Kier molecular flexibility index (Phi) is 6.08. The Labute approximate surface area is 149 Å². The summed E-state index contributed by atoms with van der Waals surface area (Å²) in [5.41, 5.74) is -0.549. The van der Waals surface area contributed by atoms with Crippen molar-refractivity contribution >= 4 is 17.9 Å². The molecule has 0 radical (unpaired) electrons. The highest BCUT2D eigenvalue weighted by atomic mass is 16.5. The normalized spacial score (nSPS) is 29.6. The molecule has 25 heavy (non-hydrogen) atoms. The Balaban J connectivity index is 2.10. The van der Waals surface area contributed by atoms with Crippen LogP contribution in [0.2, 0.25) is 0 Å². The van der Waals surface area contributed by atoms with Crippen LogP contribution in [0.5, 0.6) is 0 Å². The SMILES string of the molecule is COC(=O)CN1C2CC(OC(=O)C(C)(C)C)CC1CC(C(=O)OC)C2. The van der Waals surface area contributed by atoms with Gasteiger partial charge in [0, 0.05) is 24.9 Å². The number of piperidine rings is 2. The molecule has 2 rings (SSSR count). The van der Waals surface area contributed by atoms with Gasteiger partial charge in [0.1, 0.15) is 6.10 Å². The van der Waals surface area contributed by atoms with E-state index in [4.69, 9.17) is 14.2 Å². The molecule has 142 valence electrons. The Hall–Kier alpha value is -1.63. The van der Waals surface area contributed by atoms with Crippen LogP contribution in [0.25, 0.3) is 0 Å². The third-order valence-electron chi connectivity index (χ3n) is 5.08. The minimum atomic E-state index is -0.549. The Morgan fingerprint density at radius 1 is 0.960 bits per heavy atom. The molecule has 7 nitrogen and oxygen atoms in total. The highest BCUT2D eigenvalue weighted by Crippen LogP contribution is 2.39. The largest absolute Gasteiger partial charge is 0.469 e. The lowest BCUT2D eigenvalue weighted by molar-refractivity contribution is -0.170. The molecule has 2 saturated heterocycles. The van der Waals surface area contributed by atoms with E-state index in [0.717, 1.165) is 0 Å². The van der Waals surface area contributed by atoms with Gasteiger partial charge in [-0.3, -0.25) is 19.3 Å². The minimum Gasteiger partial charge on any atom is -0.469 e. The van der Waals surface area contributed by atoms with E-state index in [9.17, 15) is 14.4 Å². The van der Waals surface area contributed by atoms with E-state index in [-0.39, 0.29) is 48.6 Å². The summed E-state index contributed by atoms with van der Waals surface area (Å²) in [7, 11) is 2.76. The van der Waals surface area contributed by atoms with Gasteiger partial charge in [0.05, 0.1) is 32.1 Å². The lowest BCUT2D eigenvalue weighted by atomic mass is 9.77. The van der Waals surface area contributed by atoms with E-state index >= 15 is 0 Å². The summed E-state index contributed by atoms with van der Waals surface area (Å²) in [6.45, 7) is 5.68. The molecule has 0 spiro atoms. The summed E-state index contributed by atoms with van der Waals surface area (Å²) >= 11 is 0. The van der Waals surface area contributed by atoms with E-state index in [2.05, 4.69) is 4.90 Å². The fourth-order valence-corrected chi connectivity index (χ4v) is 3.74. The molecular weight excluding hydrogens is 326 g/mol. The number of esters is 3. The fourth-order valence-electron chi connectivity index (χ4n) is 3.74. The first-order chi connectivity index (χ1) is 11.7. The average molecular weight is 355 g/mol. The number of nitrogens with zero attached hydrogens (tertiary/aromatic N) is 1. The zero-order chi connectivity index (χ0) is 18.8. The number of carbonyl (C=O) groups excluding carboxylic acids is 3. The maximum atomic E-state index is 12.2. The van der Waals surface area contributed by atoms with Crippen LogP contribution in [0.4, 0.5) is 0 Å². The van der Waals surface area contributed by atoms with Crippen LogP contribution in [-0.2, 0) is 28.6 Å². The first kappa shape index (κ1) is 19.7. The molecule has 0 amide bonds. The van der Waals surface area contributed by atoms with Crippen molar-refractivity contribution in [2.45, 2.75) is 64.6 Å². The molecule has 2 atom stereocenters. The van der Waals surface area contributed by atoms with E-state index in [0.29, 0.717) is 25.7 Å². The summed E-state index contributed by atoms with van der Waals surface area (Å²) in [5.74, 6) is -0.899. The summed E-state index contributed by atoms with van der Waals surface area (Å²) in [6.07, 6.45) is 2.24. The molecule has 2 bridgehead atoms. The van der Waals surface area contributed by atoms with Crippen molar-refractivity contribution in [2.24, 2.45) is 11.3 Å². The number of hydrogen-bond acceptors (Lipinski definition) is 7. The van der Waals surface area contributed by atoms with E-state index in [1.54, 1.807) is 0 Å². The van der Waals surface area contributed by atoms with Crippen LogP contribution < -0.4 is 0 Å². The van der Waals surface area contributed by atoms with E-state index < -0.39 is 5.41 Å². The molecule has 2 heterocycles. The summed E-state index contributed by atoms with van der Waals surface area (Å²) in [4.78, 5) is 38.0. The number of hydrogen-bond donors (Lipinski definition) is 0. The molecule has 0 N–H and O–H groups in total. The van der Waals surface area contributed by atoms with Crippen molar-refractivity contribution in [1.82, 2.24) is 4.90 Å². The van der Waals surface area contributed by atoms with Gasteiger partial charge in [0.25, 0.3) is 0 Å². The average Bonchev–Trinajstić information content (AvgIpc) is 2.53. The lowest BCUT2D eigenvalue weighted by Gasteiger charge is -2.49. The summed E-state index contributed by atoms with van der Waals surface area (Å²) in [6, 6.07) is -0.0121. The van der Waals surface area contributed by atoms with Crippen LogP contribution in [-0.4, -0.2) is 61.8 Å². The van der Waals surface area contributed by atoms with Gasteiger partial charge in [-0.15, -0.1) is 0 Å². The third kappa shape index (κ3) is 4.71. The van der Waals surface area contributed by atoms with Crippen LogP contribution in [0, 0.1) is 11.3 Å². The second kappa shape index (κ2) is 7.72. The second-order valence-corrected chi connectivity index (χ2v) is 8.00. The van der Waals surface area contributed by atoms with Crippen molar-refractivity contribution in [2.75, 3.05) is 20.8 Å². The molecule has 2 aliphatic rings. The van der Waals surface area contributed by atoms with Gasteiger partial charge in [0.15, 0.2) is 0 Å². The van der Waals surface area contributed by atoms with E-state index in [1.165, 1.54) is 14.2 Å². The molecular formula is C18H29NO6. The van der Waals surface area contributed by atoms with Crippen molar-refractivity contribution in [3.8, 4) is 0 Å². The predicted molar refractivity (Wildman–Crippen MR) is 89.6 cm³/mol. The Morgan fingerprint density at radius 2 is 1.52 bits per heavy atom. The lowest BCUT2D eigenvalue weighted by Crippen LogP contribution is -2.58. The van der Waals surface area contributed by atoms with E-state index in [1.807, 2.05) is 20.8 Å². The Bertz CT molecular complexity index is 510. The molecule has 7 heteroatoms. The maximum Gasteiger partial charge on any atom is 0.319 e. The third-order valence-corrected chi connectivity index (χ3v) is 5.08. The number of fused-ring (bicyclic) bond motifs is 2. The van der Waals surface area contributed by atoms with Gasteiger partial charge in [0.2, 0.25) is 0 Å². The van der Waals surface area contributed by atoms with Crippen LogP contribution in [0.1, 0.15) is 46.5 Å². The molecule has 0 aliphatic carbocycles. The van der Waals surface area contributed by atoms with Crippen LogP contribution >= 0.6 is 0 Å². The van der Waals surface area contributed by atoms with Gasteiger partial charge in [-0.05, 0) is 33.6 Å². The van der Waals surface area contributed by atoms with Crippen molar-refractivity contribution < 1.29 is 28.6 Å². The quantitative estimate of drug-likeness (QED) is 0.559. The monoisotopic (exact) mass is 355 g/mol. The molecule has 0 saturated carbocycles.